The number of benzene rings is 3. The SMILES string of the molecule is CC(Oc1ccc([S+](c2ccc(C3(C)OCC(C)(C)CO3)cc2)c2ccc(C3(C)OCC(C)(C)CO3)cc2)cc1)C(F)(F)S(=O)(=O)O. The Morgan fingerprint density at radius 2 is 1.00 bits per heavy atom. The lowest BCUT2D eigenvalue weighted by atomic mass is 9.94. The maximum absolute atomic E-state index is 14.1. The second-order valence-electron chi connectivity index (χ2n) is 14.0. The molecule has 12 heteroatoms. The second-order valence-corrected chi connectivity index (χ2v) is 17.5. The van der Waals surface area contributed by atoms with Crippen molar-refractivity contribution in [2.24, 2.45) is 10.8 Å². The highest BCUT2D eigenvalue weighted by Crippen LogP contribution is 2.40. The monoisotopic (exact) mass is 693 g/mol. The molecule has 0 amide bonds. The summed E-state index contributed by atoms with van der Waals surface area (Å²) in [7, 11) is -6.30. The number of halogens is 2. The maximum atomic E-state index is 14.1. The van der Waals surface area contributed by atoms with Gasteiger partial charge in [0.25, 0.3) is 0 Å². The second kappa shape index (κ2) is 12.7. The van der Waals surface area contributed by atoms with Crippen molar-refractivity contribution in [1.29, 1.82) is 0 Å². The zero-order chi connectivity index (χ0) is 34.5. The number of alkyl halides is 2. The van der Waals surface area contributed by atoms with Gasteiger partial charge in [-0.1, -0.05) is 27.7 Å². The molecule has 5 rings (SSSR count). The zero-order valence-corrected chi connectivity index (χ0v) is 29.3. The first kappa shape index (κ1) is 35.7. The van der Waals surface area contributed by atoms with Gasteiger partial charge in [-0.2, -0.15) is 17.2 Å². The Balaban J connectivity index is 1.45. The molecular formula is C35H43F2O8S2+. The Morgan fingerprint density at radius 3 is 1.32 bits per heavy atom. The van der Waals surface area contributed by atoms with Crippen molar-refractivity contribution in [3.63, 3.8) is 0 Å². The van der Waals surface area contributed by atoms with E-state index in [4.69, 9.17) is 28.2 Å². The summed E-state index contributed by atoms with van der Waals surface area (Å²) >= 11 is 0. The Kier molecular flexibility index (Phi) is 9.66. The molecule has 47 heavy (non-hydrogen) atoms. The molecule has 2 fully saturated rings. The van der Waals surface area contributed by atoms with Crippen LogP contribution in [0.1, 0.15) is 59.6 Å². The van der Waals surface area contributed by atoms with Gasteiger partial charge in [0.2, 0.25) is 0 Å². The van der Waals surface area contributed by atoms with Crippen LogP contribution in [0.15, 0.2) is 87.5 Å². The van der Waals surface area contributed by atoms with Crippen LogP contribution in [-0.4, -0.2) is 50.8 Å². The van der Waals surface area contributed by atoms with Crippen molar-refractivity contribution in [1.82, 2.24) is 0 Å². The minimum absolute atomic E-state index is 0.0312. The summed E-state index contributed by atoms with van der Waals surface area (Å²) in [5, 5.41) is -4.48. The molecule has 0 aromatic heterocycles. The average molecular weight is 694 g/mol. The van der Waals surface area contributed by atoms with E-state index in [1.807, 2.05) is 62.4 Å². The van der Waals surface area contributed by atoms with Crippen LogP contribution >= 0.6 is 0 Å². The molecule has 256 valence electrons. The smallest absolute Gasteiger partial charge is 0.405 e. The molecule has 0 aliphatic carbocycles. The van der Waals surface area contributed by atoms with Crippen LogP contribution in [0.2, 0.25) is 0 Å². The molecule has 0 saturated carbocycles. The third-order valence-electron chi connectivity index (χ3n) is 8.37. The van der Waals surface area contributed by atoms with Gasteiger partial charge < -0.3 is 23.7 Å². The largest absolute Gasteiger partial charge is 0.483 e. The number of hydrogen-bond donors (Lipinski definition) is 1. The number of ether oxygens (including phenoxy) is 5. The molecule has 2 aliphatic heterocycles. The van der Waals surface area contributed by atoms with E-state index in [0.717, 1.165) is 32.7 Å². The number of hydrogen-bond acceptors (Lipinski definition) is 7. The van der Waals surface area contributed by atoms with Crippen LogP contribution in [0.3, 0.4) is 0 Å². The minimum atomic E-state index is -5.65. The van der Waals surface area contributed by atoms with Crippen LogP contribution < -0.4 is 4.74 Å². The lowest BCUT2D eigenvalue weighted by Crippen LogP contribution is -2.43. The van der Waals surface area contributed by atoms with Crippen LogP contribution in [0.4, 0.5) is 8.78 Å². The van der Waals surface area contributed by atoms with Gasteiger partial charge >= 0.3 is 15.4 Å². The normalized spacial score (nSPS) is 21.3. The highest BCUT2D eigenvalue weighted by atomic mass is 32.2. The number of rotatable bonds is 9. The predicted octanol–water partition coefficient (Wildman–Crippen LogP) is 7.52. The van der Waals surface area contributed by atoms with Gasteiger partial charge in [0.15, 0.2) is 32.4 Å². The molecule has 1 unspecified atom stereocenters. The third-order valence-corrected chi connectivity index (χ3v) is 11.6. The molecule has 2 aliphatic rings. The standard InChI is InChI=1S/C35H42F2O8S2/c1-24(35(36,37)47(38,39)40)45-27-12-18-30(19-13-27)46(28-14-8-25(9-15-28)33(6)41-20-31(2,3)21-42-33)29-16-10-26(11-17-29)34(7)43-22-32(4,5)23-44-34/h8-19,24H,20-23H2,1-7H3/p+1. The first-order chi connectivity index (χ1) is 21.7. The highest BCUT2D eigenvalue weighted by Gasteiger charge is 2.51. The van der Waals surface area contributed by atoms with Crippen LogP contribution in [0.25, 0.3) is 0 Å². The summed E-state index contributed by atoms with van der Waals surface area (Å²) in [5.41, 5.74) is 1.62. The van der Waals surface area contributed by atoms with Crippen molar-refractivity contribution in [3.05, 3.63) is 83.9 Å². The fraction of sp³-hybridized carbons (Fsp3) is 0.486. The van der Waals surface area contributed by atoms with Gasteiger partial charge in [-0.25, -0.2) is 0 Å². The quantitative estimate of drug-likeness (QED) is 0.182. The molecule has 8 nitrogen and oxygen atoms in total. The van der Waals surface area contributed by atoms with E-state index < -0.39 is 43.9 Å². The summed E-state index contributed by atoms with van der Waals surface area (Å²) in [6, 6.07) is 22.6. The van der Waals surface area contributed by atoms with E-state index in [-0.39, 0.29) is 16.6 Å². The molecule has 2 saturated heterocycles. The van der Waals surface area contributed by atoms with E-state index >= 15 is 0 Å². The van der Waals surface area contributed by atoms with Gasteiger partial charge in [0.1, 0.15) is 5.75 Å². The van der Waals surface area contributed by atoms with Crippen molar-refractivity contribution >= 4 is 21.0 Å². The van der Waals surface area contributed by atoms with Gasteiger partial charge in [0, 0.05) is 22.0 Å². The summed E-state index contributed by atoms with van der Waals surface area (Å²) in [6.07, 6.45) is -2.12. The Bertz CT molecular complexity index is 1560. The topological polar surface area (TPSA) is 101 Å². The molecule has 3 aromatic carbocycles. The van der Waals surface area contributed by atoms with Crippen molar-refractivity contribution < 1.29 is 45.4 Å². The third kappa shape index (κ3) is 7.69. The summed E-state index contributed by atoms with van der Waals surface area (Å²) in [6.45, 7) is 15.4. The van der Waals surface area contributed by atoms with Gasteiger partial charge in [0.05, 0.1) is 37.3 Å². The first-order valence-corrected chi connectivity index (χ1v) is 18.0. The van der Waals surface area contributed by atoms with Crippen LogP contribution in [0.5, 0.6) is 5.75 Å². The van der Waals surface area contributed by atoms with Crippen LogP contribution in [0, 0.1) is 10.8 Å². The van der Waals surface area contributed by atoms with E-state index in [2.05, 4.69) is 27.7 Å². The molecule has 0 spiro atoms. The van der Waals surface area contributed by atoms with Crippen LogP contribution in [-0.2, 0) is 51.5 Å². The lowest BCUT2D eigenvalue weighted by molar-refractivity contribution is -0.298. The minimum Gasteiger partial charge on any atom is -0.483 e. The predicted molar refractivity (Wildman–Crippen MR) is 174 cm³/mol. The van der Waals surface area contributed by atoms with Gasteiger partial charge in [-0.15, -0.1) is 0 Å². The van der Waals surface area contributed by atoms with E-state index in [1.165, 1.54) is 12.1 Å². The molecule has 3 aromatic rings. The average Bonchev–Trinajstić information content (AvgIpc) is 3.01. The maximum Gasteiger partial charge on any atom is 0.405 e. The molecule has 2 heterocycles. The Morgan fingerprint density at radius 1 is 0.681 bits per heavy atom. The van der Waals surface area contributed by atoms with Crippen molar-refractivity contribution in [2.45, 2.75) is 86.1 Å². The summed E-state index contributed by atoms with van der Waals surface area (Å²) < 4.78 is 89.4. The van der Waals surface area contributed by atoms with Gasteiger partial charge in [-0.05, 0) is 93.6 Å². The van der Waals surface area contributed by atoms with Crippen molar-refractivity contribution in [3.8, 4) is 5.75 Å². The molecule has 1 atom stereocenters. The Labute approximate surface area is 278 Å². The van der Waals surface area contributed by atoms with E-state index in [0.29, 0.717) is 26.4 Å². The van der Waals surface area contributed by atoms with Gasteiger partial charge in [-0.3, -0.25) is 4.55 Å². The fourth-order valence-corrected chi connectivity index (χ4v) is 7.67. The van der Waals surface area contributed by atoms with E-state index in [1.54, 1.807) is 12.1 Å². The van der Waals surface area contributed by atoms with E-state index in [9.17, 15) is 17.2 Å². The fourth-order valence-electron chi connectivity index (χ4n) is 5.16. The van der Waals surface area contributed by atoms with Crippen molar-refractivity contribution in [2.75, 3.05) is 26.4 Å². The molecule has 0 bridgehead atoms. The Hall–Kier alpha value is -2.58. The summed E-state index contributed by atoms with van der Waals surface area (Å²) in [5.74, 6) is -1.72. The highest BCUT2D eigenvalue weighted by molar-refractivity contribution is 7.97. The first-order valence-electron chi connectivity index (χ1n) is 15.4. The molecular weight excluding hydrogens is 651 g/mol. The lowest BCUT2D eigenvalue weighted by Gasteiger charge is -2.41. The molecule has 0 radical (unpaired) electrons. The summed E-state index contributed by atoms with van der Waals surface area (Å²) in [4.78, 5) is 2.84. The zero-order valence-electron chi connectivity index (χ0n) is 27.7. The molecule has 1 N–H and O–H groups in total.